The smallest absolute Gasteiger partial charge is 0.254 e. The summed E-state index contributed by atoms with van der Waals surface area (Å²) in [6.45, 7) is 6.70. The summed E-state index contributed by atoms with van der Waals surface area (Å²) in [5.41, 5.74) is 6.28. The average molecular weight is 347 g/mol. The molecule has 0 amide bonds. The second-order valence-corrected chi connectivity index (χ2v) is 6.80. The van der Waals surface area contributed by atoms with Crippen LogP contribution < -0.4 is 5.56 Å². The van der Waals surface area contributed by atoms with Crippen LogP contribution in [-0.2, 0) is 19.5 Å². The molecular weight excluding hydrogens is 326 g/mol. The van der Waals surface area contributed by atoms with Crippen molar-refractivity contribution in [2.24, 2.45) is 0 Å². The summed E-state index contributed by atoms with van der Waals surface area (Å²) >= 11 is 0. The van der Waals surface area contributed by atoms with E-state index in [2.05, 4.69) is 51.9 Å². The van der Waals surface area contributed by atoms with Gasteiger partial charge in [0.2, 0.25) is 0 Å². The predicted molar refractivity (Wildman–Crippen MR) is 99.6 cm³/mol. The lowest BCUT2D eigenvalue weighted by Gasteiger charge is -2.28. The quantitative estimate of drug-likeness (QED) is 0.787. The Morgan fingerprint density at radius 2 is 1.88 bits per heavy atom. The molecule has 0 bridgehead atoms. The maximum atomic E-state index is 12.5. The van der Waals surface area contributed by atoms with Crippen LogP contribution in [0.25, 0.3) is 11.4 Å². The first kappa shape index (κ1) is 16.6. The van der Waals surface area contributed by atoms with Gasteiger partial charge >= 0.3 is 0 Å². The van der Waals surface area contributed by atoms with Crippen LogP contribution >= 0.6 is 0 Å². The molecule has 6 heteroatoms. The number of hydrogen-bond donors (Lipinski definition) is 1. The number of nitrogens with zero attached hydrogens (tertiary/aromatic N) is 4. The van der Waals surface area contributed by atoms with Gasteiger partial charge < -0.3 is 4.98 Å². The van der Waals surface area contributed by atoms with E-state index in [4.69, 9.17) is 4.98 Å². The van der Waals surface area contributed by atoms with Gasteiger partial charge in [0.25, 0.3) is 5.56 Å². The van der Waals surface area contributed by atoms with Gasteiger partial charge in [-0.2, -0.15) is 0 Å². The Morgan fingerprint density at radius 1 is 1.15 bits per heavy atom. The third-order valence-electron chi connectivity index (χ3n) is 5.01. The van der Waals surface area contributed by atoms with Crippen molar-refractivity contribution in [3.05, 3.63) is 75.2 Å². The largest absolute Gasteiger partial charge is 0.306 e. The first-order valence-electron chi connectivity index (χ1n) is 8.76. The van der Waals surface area contributed by atoms with Crippen molar-refractivity contribution in [3.8, 4) is 11.4 Å². The van der Waals surface area contributed by atoms with Crippen molar-refractivity contribution in [1.29, 1.82) is 0 Å². The van der Waals surface area contributed by atoms with E-state index < -0.39 is 0 Å². The fourth-order valence-electron chi connectivity index (χ4n) is 3.51. The molecule has 0 saturated heterocycles. The lowest BCUT2D eigenvalue weighted by atomic mass is 10.0. The van der Waals surface area contributed by atoms with Crippen LogP contribution in [0.4, 0.5) is 0 Å². The maximum absolute atomic E-state index is 12.5. The average Bonchev–Trinajstić information content (AvgIpc) is 2.65. The molecule has 4 rings (SSSR count). The molecule has 0 saturated carbocycles. The Balaban J connectivity index is 1.64. The molecular formula is C20H21N5O. The highest BCUT2D eigenvalue weighted by Crippen LogP contribution is 2.22. The van der Waals surface area contributed by atoms with Gasteiger partial charge in [-0.05, 0) is 37.0 Å². The van der Waals surface area contributed by atoms with Gasteiger partial charge in [-0.25, -0.2) is 15.0 Å². The summed E-state index contributed by atoms with van der Waals surface area (Å²) < 4.78 is 0. The number of aryl methyl sites for hydroxylation is 2. The van der Waals surface area contributed by atoms with E-state index in [1.54, 1.807) is 12.4 Å². The molecule has 132 valence electrons. The predicted octanol–water partition coefficient (Wildman–Crippen LogP) is 2.40. The van der Waals surface area contributed by atoms with E-state index in [0.717, 1.165) is 29.9 Å². The van der Waals surface area contributed by atoms with Crippen LogP contribution in [-0.4, -0.2) is 31.4 Å². The minimum absolute atomic E-state index is 0.0550. The van der Waals surface area contributed by atoms with Crippen molar-refractivity contribution in [2.75, 3.05) is 6.54 Å². The Bertz CT molecular complexity index is 977. The molecule has 0 fully saturated rings. The van der Waals surface area contributed by atoms with Crippen LogP contribution in [0.3, 0.4) is 0 Å². The standard InChI is InChI=1S/C20H21N5O/c1-13-4-3-5-14(2)17(13)10-25-7-6-16-18(11-25)23-19(24-20(16)26)15-8-21-12-22-9-15/h3-5,8-9,12H,6-7,10-11H2,1-2H3,(H,23,24,26). The fourth-order valence-corrected chi connectivity index (χ4v) is 3.51. The van der Waals surface area contributed by atoms with E-state index in [0.29, 0.717) is 18.8 Å². The Kier molecular flexibility index (Phi) is 4.34. The summed E-state index contributed by atoms with van der Waals surface area (Å²) in [5, 5.41) is 0. The molecule has 0 spiro atoms. The van der Waals surface area contributed by atoms with Crippen LogP contribution in [0, 0.1) is 13.8 Å². The lowest BCUT2D eigenvalue weighted by Crippen LogP contribution is -2.35. The summed E-state index contributed by atoms with van der Waals surface area (Å²) in [5.74, 6) is 0.531. The van der Waals surface area contributed by atoms with E-state index in [1.807, 2.05) is 0 Å². The van der Waals surface area contributed by atoms with Gasteiger partial charge in [-0.1, -0.05) is 18.2 Å². The molecule has 1 N–H and O–H groups in total. The monoisotopic (exact) mass is 347 g/mol. The lowest BCUT2D eigenvalue weighted by molar-refractivity contribution is 0.239. The number of H-pyrrole nitrogens is 1. The van der Waals surface area contributed by atoms with Gasteiger partial charge in [0.1, 0.15) is 12.2 Å². The van der Waals surface area contributed by atoms with Crippen LogP contribution in [0.5, 0.6) is 0 Å². The number of rotatable bonds is 3. The number of benzene rings is 1. The fraction of sp³-hybridized carbons (Fsp3) is 0.300. The zero-order chi connectivity index (χ0) is 18.1. The molecule has 1 aliphatic rings. The van der Waals surface area contributed by atoms with Gasteiger partial charge in [-0.3, -0.25) is 9.69 Å². The van der Waals surface area contributed by atoms with E-state index in [9.17, 15) is 4.79 Å². The highest BCUT2D eigenvalue weighted by atomic mass is 16.1. The second kappa shape index (κ2) is 6.80. The third-order valence-corrected chi connectivity index (χ3v) is 5.01. The van der Waals surface area contributed by atoms with Crippen molar-refractivity contribution < 1.29 is 0 Å². The van der Waals surface area contributed by atoms with Crippen molar-refractivity contribution in [3.63, 3.8) is 0 Å². The third kappa shape index (κ3) is 3.15. The zero-order valence-electron chi connectivity index (χ0n) is 15.0. The molecule has 0 atom stereocenters. The van der Waals surface area contributed by atoms with Gasteiger partial charge in [0.05, 0.1) is 11.3 Å². The molecule has 2 aromatic heterocycles. The molecule has 6 nitrogen and oxygen atoms in total. The highest BCUT2D eigenvalue weighted by Gasteiger charge is 2.22. The molecule has 1 aliphatic heterocycles. The zero-order valence-corrected chi connectivity index (χ0v) is 15.0. The SMILES string of the molecule is Cc1cccc(C)c1CN1CCc2c(nc(-c3cncnc3)[nH]c2=O)C1. The minimum Gasteiger partial charge on any atom is -0.306 e. The number of aromatic nitrogens is 4. The molecule has 3 heterocycles. The van der Waals surface area contributed by atoms with Crippen LogP contribution in [0.1, 0.15) is 27.9 Å². The topological polar surface area (TPSA) is 74.8 Å². The van der Waals surface area contributed by atoms with Gasteiger partial charge in [-0.15, -0.1) is 0 Å². The molecule has 3 aromatic rings. The van der Waals surface area contributed by atoms with Gasteiger partial charge in [0.15, 0.2) is 0 Å². The van der Waals surface area contributed by atoms with E-state index >= 15 is 0 Å². The number of nitrogens with one attached hydrogen (secondary N) is 1. The summed E-state index contributed by atoms with van der Waals surface area (Å²) in [7, 11) is 0. The van der Waals surface area contributed by atoms with Crippen molar-refractivity contribution in [2.45, 2.75) is 33.4 Å². The molecule has 26 heavy (non-hydrogen) atoms. The number of fused-ring (bicyclic) bond motifs is 1. The minimum atomic E-state index is -0.0550. The molecule has 1 aromatic carbocycles. The molecule has 0 unspecified atom stereocenters. The Morgan fingerprint density at radius 3 is 2.62 bits per heavy atom. The van der Waals surface area contributed by atoms with Crippen molar-refractivity contribution in [1.82, 2.24) is 24.8 Å². The van der Waals surface area contributed by atoms with E-state index in [1.165, 1.54) is 23.0 Å². The number of hydrogen-bond acceptors (Lipinski definition) is 5. The summed E-state index contributed by atoms with van der Waals surface area (Å²) in [6, 6.07) is 6.39. The van der Waals surface area contributed by atoms with Crippen LogP contribution in [0.15, 0.2) is 41.7 Å². The summed E-state index contributed by atoms with van der Waals surface area (Å²) in [4.78, 5) is 30.4. The Labute approximate surface area is 152 Å². The maximum Gasteiger partial charge on any atom is 0.254 e. The first-order valence-corrected chi connectivity index (χ1v) is 8.76. The van der Waals surface area contributed by atoms with E-state index in [-0.39, 0.29) is 5.56 Å². The van der Waals surface area contributed by atoms with Crippen LogP contribution in [0.2, 0.25) is 0 Å². The Hall–Kier alpha value is -2.86. The summed E-state index contributed by atoms with van der Waals surface area (Å²) in [6.07, 6.45) is 5.50. The first-order chi connectivity index (χ1) is 12.6. The normalized spacial score (nSPS) is 14.2. The van der Waals surface area contributed by atoms with Gasteiger partial charge in [0, 0.05) is 37.6 Å². The van der Waals surface area contributed by atoms with Crippen molar-refractivity contribution >= 4 is 0 Å². The second-order valence-electron chi connectivity index (χ2n) is 6.80. The molecule has 0 radical (unpaired) electrons. The molecule has 0 aliphatic carbocycles. The number of aromatic amines is 1. The highest BCUT2D eigenvalue weighted by molar-refractivity contribution is 5.52.